The van der Waals surface area contributed by atoms with Crippen LogP contribution < -0.4 is 5.32 Å². The number of likely N-dealkylation sites (tertiary alicyclic amines) is 1. The number of nitrogens with zero attached hydrogens (tertiary/aromatic N) is 2. The molecule has 2 aliphatic rings. The second-order valence-electron chi connectivity index (χ2n) is 5.77. The predicted molar refractivity (Wildman–Crippen MR) is 70.9 cm³/mol. The van der Waals surface area contributed by atoms with Gasteiger partial charge >= 0.3 is 0 Å². The summed E-state index contributed by atoms with van der Waals surface area (Å²) >= 11 is 0. The molecule has 104 valence electrons. The molecule has 0 spiro atoms. The van der Waals surface area contributed by atoms with Crippen molar-refractivity contribution in [2.45, 2.75) is 45.2 Å². The Morgan fingerprint density at radius 2 is 2.32 bits per heavy atom. The van der Waals surface area contributed by atoms with Crippen molar-refractivity contribution in [2.24, 2.45) is 5.92 Å². The van der Waals surface area contributed by atoms with Gasteiger partial charge in [0.2, 0.25) is 0 Å². The largest absolute Gasteiger partial charge is 0.361 e. The standard InChI is InChI=1S/C14H21N3O2/c1-3-11-6-12(16-19-11)14(18)15-13-8-17(7-9(13)2)10-4-5-10/h6,9-10,13H,3-5,7-8H2,1-2H3,(H,15,18). The van der Waals surface area contributed by atoms with E-state index in [1.165, 1.54) is 12.8 Å². The molecule has 5 heteroatoms. The maximum atomic E-state index is 12.1. The highest BCUT2D eigenvalue weighted by Crippen LogP contribution is 2.31. The van der Waals surface area contributed by atoms with Gasteiger partial charge in [0.05, 0.1) is 0 Å². The van der Waals surface area contributed by atoms with Gasteiger partial charge in [0, 0.05) is 37.7 Å². The Kier molecular flexibility index (Phi) is 3.31. The fourth-order valence-corrected chi connectivity index (χ4v) is 2.76. The quantitative estimate of drug-likeness (QED) is 0.893. The molecule has 1 saturated heterocycles. The first-order chi connectivity index (χ1) is 9.17. The van der Waals surface area contributed by atoms with E-state index in [1.807, 2.05) is 6.92 Å². The Hall–Kier alpha value is -1.36. The molecule has 19 heavy (non-hydrogen) atoms. The molecule has 2 fully saturated rings. The van der Waals surface area contributed by atoms with Gasteiger partial charge in [0.25, 0.3) is 5.91 Å². The molecule has 2 unspecified atom stereocenters. The number of hydrogen-bond acceptors (Lipinski definition) is 4. The molecule has 1 aromatic heterocycles. The van der Waals surface area contributed by atoms with Gasteiger partial charge in [-0.3, -0.25) is 9.69 Å². The van der Waals surface area contributed by atoms with E-state index in [-0.39, 0.29) is 11.9 Å². The zero-order valence-electron chi connectivity index (χ0n) is 11.6. The summed E-state index contributed by atoms with van der Waals surface area (Å²) in [7, 11) is 0. The second kappa shape index (κ2) is 4.96. The maximum Gasteiger partial charge on any atom is 0.273 e. The highest BCUT2D eigenvalue weighted by Gasteiger charge is 2.38. The van der Waals surface area contributed by atoms with Crippen molar-refractivity contribution in [3.05, 3.63) is 17.5 Å². The third-order valence-corrected chi connectivity index (χ3v) is 4.16. The highest BCUT2D eigenvalue weighted by molar-refractivity contribution is 5.92. The zero-order valence-corrected chi connectivity index (χ0v) is 11.6. The summed E-state index contributed by atoms with van der Waals surface area (Å²) in [4.78, 5) is 14.6. The average Bonchev–Trinajstić information content (AvgIpc) is 3.02. The normalized spacial score (nSPS) is 27.7. The Bertz CT molecular complexity index is 467. The number of aromatic nitrogens is 1. The molecule has 5 nitrogen and oxygen atoms in total. The third kappa shape index (κ3) is 2.66. The van der Waals surface area contributed by atoms with Crippen LogP contribution in [0.2, 0.25) is 0 Å². The van der Waals surface area contributed by atoms with E-state index in [1.54, 1.807) is 6.07 Å². The van der Waals surface area contributed by atoms with Crippen LogP contribution in [0.4, 0.5) is 0 Å². The molecular formula is C14H21N3O2. The Morgan fingerprint density at radius 1 is 1.53 bits per heavy atom. The van der Waals surface area contributed by atoms with E-state index >= 15 is 0 Å². The lowest BCUT2D eigenvalue weighted by molar-refractivity contribution is 0.0922. The van der Waals surface area contributed by atoms with Gasteiger partial charge in [0.15, 0.2) is 5.69 Å². The average molecular weight is 263 g/mol. The van der Waals surface area contributed by atoms with E-state index in [4.69, 9.17) is 4.52 Å². The molecule has 1 aliphatic carbocycles. The lowest BCUT2D eigenvalue weighted by Crippen LogP contribution is -2.40. The Balaban J connectivity index is 1.59. The number of rotatable bonds is 4. The van der Waals surface area contributed by atoms with Crippen molar-refractivity contribution in [1.29, 1.82) is 0 Å². The minimum Gasteiger partial charge on any atom is -0.361 e. The summed E-state index contributed by atoms with van der Waals surface area (Å²) in [6.45, 7) is 6.24. The van der Waals surface area contributed by atoms with Gasteiger partial charge in [-0.2, -0.15) is 0 Å². The predicted octanol–water partition coefficient (Wildman–Crippen LogP) is 1.45. The van der Waals surface area contributed by atoms with Crippen LogP contribution in [0.15, 0.2) is 10.6 Å². The van der Waals surface area contributed by atoms with E-state index in [0.29, 0.717) is 11.6 Å². The van der Waals surface area contributed by atoms with Crippen LogP contribution in [0.5, 0.6) is 0 Å². The van der Waals surface area contributed by atoms with Crippen LogP contribution in [0.3, 0.4) is 0 Å². The lowest BCUT2D eigenvalue weighted by atomic mass is 10.1. The molecule has 3 rings (SSSR count). The van der Waals surface area contributed by atoms with E-state index in [9.17, 15) is 4.79 Å². The Labute approximate surface area is 113 Å². The molecular weight excluding hydrogens is 242 g/mol. The monoisotopic (exact) mass is 263 g/mol. The van der Waals surface area contributed by atoms with Crippen molar-refractivity contribution >= 4 is 5.91 Å². The van der Waals surface area contributed by atoms with Crippen molar-refractivity contribution in [3.8, 4) is 0 Å². The van der Waals surface area contributed by atoms with Gasteiger partial charge in [-0.25, -0.2) is 0 Å². The minimum atomic E-state index is -0.113. The van der Waals surface area contributed by atoms with E-state index in [2.05, 4.69) is 22.3 Å². The van der Waals surface area contributed by atoms with Gasteiger partial charge in [-0.1, -0.05) is 19.0 Å². The summed E-state index contributed by atoms with van der Waals surface area (Å²) in [6.07, 6.45) is 3.39. The third-order valence-electron chi connectivity index (χ3n) is 4.16. The molecule has 1 amide bonds. The molecule has 1 aromatic rings. The lowest BCUT2D eigenvalue weighted by Gasteiger charge is -2.16. The van der Waals surface area contributed by atoms with Crippen molar-refractivity contribution in [2.75, 3.05) is 13.1 Å². The van der Waals surface area contributed by atoms with E-state index < -0.39 is 0 Å². The molecule has 0 aromatic carbocycles. The van der Waals surface area contributed by atoms with Crippen LogP contribution in [0.25, 0.3) is 0 Å². The van der Waals surface area contributed by atoms with Crippen LogP contribution in [0, 0.1) is 5.92 Å². The molecule has 1 aliphatic heterocycles. The Morgan fingerprint density at radius 3 is 2.95 bits per heavy atom. The number of nitrogens with one attached hydrogen (secondary N) is 1. The SMILES string of the molecule is CCc1cc(C(=O)NC2CN(C3CC3)CC2C)no1. The topological polar surface area (TPSA) is 58.4 Å². The molecule has 0 bridgehead atoms. The summed E-state index contributed by atoms with van der Waals surface area (Å²) in [5.74, 6) is 1.14. The number of amides is 1. The second-order valence-corrected chi connectivity index (χ2v) is 5.77. The summed E-state index contributed by atoms with van der Waals surface area (Å²) in [5, 5.41) is 6.91. The fraction of sp³-hybridized carbons (Fsp3) is 0.714. The van der Waals surface area contributed by atoms with Crippen molar-refractivity contribution in [1.82, 2.24) is 15.4 Å². The maximum absolute atomic E-state index is 12.1. The summed E-state index contributed by atoms with van der Waals surface area (Å²) in [6, 6.07) is 2.73. The van der Waals surface area contributed by atoms with E-state index in [0.717, 1.165) is 31.3 Å². The first-order valence-corrected chi connectivity index (χ1v) is 7.18. The number of hydrogen-bond donors (Lipinski definition) is 1. The number of carbonyl (C=O) groups excluding carboxylic acids is 1. The van der Waals surface area contributed by atoms with Crippen LogP contribution in [0.1, 0.15) is 42.9 Å². The summed E-state index contributed by atoms with van der Waals surface area (Å²) < 4.78 is 5.07. The molecule has 0 radical (unpaired) electrons. The molecule has 2 heterocycles. The van der Waals surface area contributed by atoms with Crippen LogP contribution in [-0.2, 0) is 6.42 Å². The van der Waals surface area contributed by atoms with Gasteiger partial charge < -0.3 is 9.84 Å². The fourth-order valence-electron chi connectivity index (χ4n) is 2.76. The smallest absolute Gasteiger partial charge is 0.273 e. The first kappa shape index (κ1) is 12.7. The van der Waals surface area contributed by atoms with Crippen molar-refractivity contribution < 1.29 is 9.32 Å². The zero-order chi connectivity index (χ0) is 13.4. The van der Waals surface area contributed by atoms with Crippen molar-refractivity contribution in [3.63, 3.8) is 0 Å². The van der Waals surface area contributed by atoms with Crippen LogP contribution in [-0.4, -0.2) is 41.1 Å². The van der Waals surface area contributed by atoms with Crippen LogP contribution >= 0.6 is 0 Å². The first-order valence-electron chi connectivity index (χ1n) is 7.18. The molecule has 1 saturated carbocycles. The minimum absolute atomic E-state index is 0.113. The number of aryl methyl sites for hydroxylation is 1. The van der Waals surface area contributed by atoms with Gasteiger partial charge in [0.1, 0.15) is 5.76 Å². The van der Waals surface area contributed by atoms with Gasteiger partial charge in [-0.15, -0.1) is 0 Å². The molecule has 2 atom stereocenters. The number of carbonyl (C=O) groups is 1. The highest BCUT2D eigenvalue weighted by atomic mass is 16.5. The van der Waals surface area contributed by atoms with Gasteiger partial charge in [-0.05, 0) is 18.8 Å². The summed E-state index contributed by atoms with van der Waals surface area (Å²) in [5.41, 5.74) is 0.397. The molecule has 1 N–H and O–H groups in total.